The van der Waals surface area contributed by atoms with E-state index in [2.05, 4.69) is 10.3 Å². The highest BCUT2D eigenvalue weighted by atomic mass is 19.4. The number of imidazole rings is 1. The Hall–Kier alpha value is -1.98. The van der Waals surface area contributed by atoms with E-state index in [1.807, 2.05) is 11.6 Å². The summed E-state index contributed by atoms with van der Waals surface area (Å²) in [5, 5.41) is 2.99. The lowest BCUT2D eigenvalue weighted by atomic mass is 10.1. The van der Waals surface area contributed by atoms with E-state index < -0.39 is 11.7 Å². The lowest BCUT2D eigenvalue weighted by Crippen LogP contribution is -2.09. The van der Waals surface area contributed by atoms with Crippen LogP contribution in [0.5, 0.6) is 0 Å². The number of aryl methyl sites for hydroxylation is 2. The van der Waals surface area contributed by atoms with Gasteiger partial charge < -0.3 is 9.88 Å². The first-order chi connectivity index (χ1) is 8.88. The summed E-state index contributed by atoms with van der Waals surface area (Å²) in [6, 6.07) is 3.67. The fourth-order valence-corrected chi connectivity index (χ4v) is 1.73. The predicted octanol–water partition coefficient (Wildman–Crippen LogP) is 3.36. The van der Waals surface area contributed by atoms with E-state index in [0.717, 1.165) is 23.5 Å². The Labute approximate surface area is 109 Å². The minimum atomic E-state index is -4.33. The average Bonchev–Trinajstić information content (AvgIpc) is 2.72. The van der Waals surface area contributed by atoms with Crippen LogP contribution in [0.1, 0.15) is 17.0 Å². The first kappa shape index (κ1) is 13.5. The van der Waals surface area contributed by atoms with Crippen LogP contribution in [0.25, 0.3) is 0 Å². The van der Waals surface area contributed by atoms with Crippen LogP contribution in [0.2, 0.25) is 0 Å². The zero-order valence-electron chi connectivity index (χ0n) is 10.6. The molecule has 0 atom stereocenters. The molecule has 0 amide bonds. The number of anilines is 1. The maximum atomic E-state index is 12.6. The Kier molecular flexibility index (Phi) is 3.50. The highest BCUT2D eigenvalue weighted by Gasteiger charge is 2.30. The third-order valence-corrected chi connectivity index (χ3v) is 2.92. The highest BCUT2D eigenvalue weighted by Crippen LogP contribution is 2.32. The Morgan fingerprint density at radius 3 is 2.63 bits per heavy atom. The summed E-state index contributed by atoms with van der Waals surface area (Å²) in [7, 11) is 1.84. The van der Waals surface area contributed by atoms with Gasteiger partial charge in [-0.1, -0.05) is 6.07 Å². The summed E-state index contributed by atoms with van der Waals surface area (Å²) in [6.45, 7) is 2.15. The number of rotatable bonds is 3. The van der Waals surface area contributed by atoms with Gasteiger partial charge in [-0.15, -0.1) is 0 Å². The normalized spacial score (nSPS) is 11.6. The summed E-state index contributed by atoms with van der Waals surface area (Å²) in [6.07, 6.45) is -0.890. The number of aromatic nitrogens is 2. The molecule has 1 aromatic heterocycles. The molecule has 0 unspecified atom stereocenters. The molecule has 2 aromatic rings. The maximum Gasteiger partial charge on any atom is 0.416 e. The van der Waals surface area contributed by atoms with Gasteiger partial charge in [-0.2, -0.15) is 13.2 Å². The van der Waals surface area contributed by atoms with Crippen molar-refractivity contribution in [1.29, 1.82) is 0 Å². The Morgan fingerprint density at radius 1 is 1.32 bits per heavy atom. The van der Waals surface area contributed by atoms with E-state index in [9.17, 15) is 13.2 Å². The standard InChI is InChI=1S/C13H14F3N3/c1-9-3-4-10(13(14,15)16)7-11(9)18-8-12-17-5-6-19(12)2/h3-7,18H,8H2,1-2H3. The largest absolute Gasteiger partial charge is 0.416 e. The molecule has 102 valence electrons. The van der Waals surface area contributed by atoms with E-state index in [1.54, 1.807) is 19.3 Å². The molecule has 19 heavy (non-hydrogen) atoms. The van der Waals surface area contributed by atoms with Crippen molar-refractivity contribution >= 4 is 5.69 Å². The zero-order valence-corrected chi connectivity index (χ0v) is 10.6. The van der Waals surface area contributed by atoms with Crippen LogP contribution in [-0.2, 0) is 19.8 Å². The average molecular weight is 269 g/mol. The van der Waals surface area contributed by atoms with Crippen molar-refractivity contribution in [2.75, 3.05) is 5.32 Å². The molecule has 0 bridgehead atoms. The molecular formula is C13H14F3N3. The summed E-state index contributed by atoms with van der Waals surface area (Å²) in [5.74, 6) is 0.761. The number of benzene rings is 1. The zero-order chi connectivity index (χ0) is 14.0. The summed E-state index contributed by atoms with van der Waals surface area (Å²) >= 11 is 0. The van der Waals surface area contributed by atoms with Crippen molar-refractivity contribution in [2.45, 2.75) is 19.6 Å². The number of halogens is 3. The predicted molar refractivity (Wildman–Crippen MR) is 66.7 cm³/mol. The molecule has 0 saturated carbocycles. The van der Waals surface area contributed by atoms with Crippen LogP contribution in [0.15, 0.2) is 30.6 Å². The lowest BCUT2D eigenvalue weighted by molar-refractivity contribution is -0.137. The molecule has 0 aliphatic heterocycles. The van der Waals surface area contributed by atoms with Crippen molar-refractivity contribution in [2.24, 2.45) is 7.05 Å². The Bertz CT molecular complexity index is 573. The number of hydrogen-bond donors (Lipinski definition) is 1. The molecule has 2 rings (SSSR count). The molecule has 0 aliphatic carbocycles. The van der Waals surface area contributed by atoms with Gasteiger partial charge in [-0.05, 0) is 24.6 Å². The molecule has 6 heteroatoms. The second-order valence-corrected chi connectivity index (χ2v) is 4.34. The lowest BCUT2D eigenvalue weighted by Gasteiger charge is -2.13. The molecule has 3 nitrogen and oxygen atoms in total. The molecule has 0 saturated heterocycles. The van der Waals surface area contributed by atoms with Crippen molar-refractivity contribution in [3.8, 4) is 0 Å². The summed E-state index contributed by atoms with van der Waals surface area (Å²) < 4.78 is 39.7. The third-order valence-electron chi connectivity index (χ3n) is 2.92. The van der Waals surface area contributed by atoms with Crippen molar-refractivity contribution < 1.29 is 13.2 Å². The second kappa shape index (κ2) is 4.95. The first-order valence-electron chi connectivity index (χ1n) is 5.76. The third kappa shape index (κ3) is 3.07. The quantitative estimate of drug-likeness (QED) is 0.926. The fraction of sp³-hybridized carbons (Fsp3) is 0.308. The molecule has 1 aromatic carbocycles. The van der Waals surface area contributed by atoms with Crippen LogP contribution in [0.3, 0.4) is 0 Å². The van der Waals surface area contributed by atoms with Crippen LogP contribution in [0, 0.1) is 6.92 Å². The van der Waals surface area contributed by atoms with Gasteiger partial charge in [0, 0.05) is 25.1 Å². The number of alkyl halides is 3. The van der Waals surface area contributed by atoms with Crippen LogP contribution < -0.4 is 5.32 Å². The molecule has 1 N–H and O–H groups in total. The number of hydrogen-bond acceptors (Lipinski definition) is 2. The van der Waals surface area contributed by atoms with Gasteiger partial charge in [-0.3, -0.25) is 0 Å². The monoisotopic (exact) mass is 269 g/mol. The van der Waals surface area contributed by atoms with Gasteiger partial charge in [-0.25, -0.2) is 4.98 Å². The molecule has 0 aliphatic rings. The summed E-state index contributed by atoms with van der Waals surface area (Å²) in [4.78, 5) is 4.11. The van der Waals surface area contributed by atoms with Crippen LogP contribution >= 0.6 is 0 Å². The van der Waals surface area contributed by atoms with Crippen molar-refractivity contribution in [1.82, 2.24) is 9.55 Å². The van der Waals surface area contributed by atoms with Gasteiger partial charge in [0.25, 0.3) is 0 Å². The fourth-order valence-electron chi connectivity index (χ4n) is 1.73. The maximum absolute atomic E-state index is 12.6. The molecule has 0 radical (unpaired) electrons. The van der Waals surface area contributed by atoms with Crippen molar-refractivity contribution in [3.63, 3.8) is 0 Å². The van der Waals surface area contributed by atoms with Crippen LogP contribution in [-0.4, -0.2) is 9.55 Å². The molecular weight excluding hydrogens is 255 g/mol. The number of nitrogens with one attached hydrogen (secondary N) is 1. The second-order valence-electron chi connectivity index (χ2n) is 4.34. The minimum absolute atomic E-state index is 0.381. The molecule has 1 heterocycles. The first-order valence-corrected chi connectivity index (χ1v) is 5.76. The van der Waals surface area contributed by atoms with E-state index >= 15 is 0 Å². The van der Waals surface area contributed by atoms with Crippen LogP contribution in [0.4, 0.5) is 18.9 Å². The van der Waals surface area contributed by atoms with Gasteiger partial charge in [0.1, 0.15) is 5.82 Å². The molecule has 0 spiro atoms. The van der Waals surface area contributed by atoms with Gasteiger partial charge in [0.05, 0.1) is 12.1 Å². The van der Waals surface area contributed by atoms with E-state index in [0.29, 0.717) is 12.2 Å². The van der Waals surface area contributed by atoms with Gasteiger partial charge in [0.2, 0.25) is 0 Å². The van der Waals surface area contributed by atoms with E-state index in [4.69, 9.17) is 0 Å². The molecule has 0 fully saturated rings. The number of nitrogens with zero attached hydrogens (tertiary/aromatic N) is 2. The van der Waals surface area contributed by atoms with Crippen molar-refractivity contribution in [3.05, 3.63) is 47.5 Å². The Balaban J connectivity index is 2.18. The van der Waals surface area contributed by atoms with E-state index in [-0.39, 0.29) is 0 Å². The summed E-state index contributed by atoms with van der Waals surface area (Å²) in [5.41, 5.74) is 0.584. The minimum Gasteiger partial charge on any atom is -0.378 e. The Morgan fingerprint density at radius 2 is 2.05 bits per heavy atom. The topological polar surface area (TPSA) is 29.9 Å². The smallest absolute Gasteiger partial charge is 0.378 e. The van der Waals surface area contributed by atoms with Gasteiger partial charge >= 0.3 is 6.18 Å². The highest BCUT2D eigenvalue weighted by molar-refractivity contribution is 5.53. The van der Waals surface area contributed by atoms with Gasteiger partial charge in [0.15, 0.2) is 0 Å². The SMILES string of the molecule is Cc1ccc(C(F)(F)F)cc1NCc1nccn1C. The van der Waals surface area contributed by atoms with E-state index in [1.165, 1.54) is 6.07 Å².